The van der Waals surface area contributed by atoms with Crippen molar-refractivity contribution < 1.29 is 74.9 Å². The van der Waals surface area contributed by atoms with Crippen molar-refractivity contribution in [2.45, 2.75) is 52.5 Å². The van der Waals surface area contributed by atoms with Crippen molar-refractivity contribution >= 4 is 15.7 Å². The molecule has 6 heteroatoms. The molecule has 0 bridgehead atoms. The smallest absolute Gasteiger partial charge is 0.101 e. The van der Waals surface area contributed by atoms with Crippen LogP contribution in [0.5, 0.6) is 0 Å². The average Bonchev–Trinajstić information content (AvgIpc) is 2.84. The molecule has 2 rings (SSSR count). The molecule has 0 spiro atoms. The third-order valence-electron chi connectivity index (χ3n) is 4.42. The topological polar surface area (TPSA) is 18.5 Å². The molecule has 0 aromatic carbocycles. The van der Waals surface area contributed by atoms with Crippen molar-refractivity contribution in [3.05, 3.63) is 26.1 Å². The minimum atomic E-state index is -0.176. The Morgan fingerprint density at radius 2 is 1.09 bits per heavy atom. The van der Waals surface area contributed by atoms with Crippen molar-refractivity contribution in [1.29, 1.82) is 0 Å². The number of hydrogen-bond donors (Lipinski definition) is 0. The summed E-state index contributed by atoms with van der Waals surface area (Å²) in [5.74, 6) is 1.32. The number of hydrogen-bond acceptors (Lipinski definition) is 2. The first-order valence-electron chi connectivity index (χ1n) is 7.55. The SMILES string of the molecule is [B][C@@H]1O[C-](CC)C(C)[C@@H]1[CH2-].[B][C@@H]1O[C-](CC)C(C)[C@H]1[CH2-].[Y].[Y]. The summed E-state index contributed by atoms with van der Waals surface area (Å²) >= 11 is 0. The van der Waals surface area contributed by atoms with Crippen LogP contribution in [0.3, 0.4) is 0 Å². The molecule has 0 N–H and O–H groups in total. The van der Waals surface area contributed by atoms with Crippen LogP contribution in [0.15, 0.2) is 0 Å². The molecule has 2 aliphatic rings. The molecule has 2 fully saturated rings. The van der Waals surface area contributed by atoms with Crippen molar-refractivity contribution in [3.63, 3.8) is 0 Å². The first-order chi connectivity index (χ1) is 9.33. The van der Waals surface area contributed by atoms with Gasteiger partial charge in [-0.3, -0.25) is 0 Å². The zero-order valence-electron chi connectivity index (χ0n) is 14.4. The molecule has 0 aromatic rings. The van der Waals surface area contributed by atoms with Gasteiger partial charge in [0, 0.05) is 65.4 Å². The van der Waals surface area contributed by atoms with Crippen LogP contribution in [0, 0.1) is 49.7 Å². The molecule has 0 amide bonds. The fraction of sp³-hybridized carbons (Fsp3) is 0.750. The summed E-state index contributed by atoms with van der Waals surface area (Å²) in [6.07, 6.45) is 4.13. The van der Waals surface area contributed by atoms with Crippen LogP contribution in [0.1, 0.15) is 40.5 Å². The Labute approximate surface area is 191 Å². The summed E-state index contributed by atoms with van der Waals surface area (Å²) in [6.45, 7) is 16.2. The summed E-state index contributed by atoms with van der Waals surface area (Å²) in [5, 5.41) is 0. The van der Waals surface area contributed by atoms with E-state index in [1.165, 1.54) is 0 Å². The van der Waals surface area contributed by atoms with Gasteiger partial charge >= 0.3 is 0 Å². The van der Waals surface area contributed by atoms with Crippen LogP contribution in [0.4, 0.5) is 0 Å². The van der Waals surface area contributed by atoms with Crippen molar-refractivity contribution in [1.82, 2.24) is 0 Å². The Morgan fingerprint density at radius 3 is 1.18 bits per heavy atom. The van der Waals surface area contributed by atoms with Gasteiger partial charge in [-0.05, 0) is 12.0 Å². The van der Waals surface area contributed by atoms with E-state index in [0.29, 0.717) is 11.8 Å². The predicted octanol–water partition coefficient (Wildman–Crippen LogP) is 3.07. The molecule has 0 aliphatic carbocycles. The Kier molecular flexibility index (Phi) is 15.2. The molecule has 6 radical (unpaired) electrons. The molecule has 22 heavy (non-hydrogen) atoms. The minimum absolute atomic E-state index is 0. The van der Waals surface area contributed by atoms with E-state index in [4.69, 9.17) is 25.2 Å². The summed E-state index contributed by atoms with van der Waals surface area (Å²) in [5.41, 5.74) is 0. The quantitative estimate of drug-likeness (QED) is 0.476. The van der Waals surface area contributed by atoms with Gasteiger partial charge < -0.3 is 23.3 Å². The van der Waals surface area contributed by atoms with Gasteiger partial charge in [0.2, 0.25) is 0 Å². The molecule has 0 aromatic heterocycles. The second-order valence-electron chi connectivity index (χ2n) is 5.71. The predicted molar refractivity (Wildman–Crippen MR) is 84.3 cm³/mol. The van der Waals surface area contributed by atoms with Gasteiger partial charge in [0.25, 0.3) is 0 Å². The van der Waals surface area contributed by atoms with Gasteiger partial charge in [-0.25, -0.2) is 0 Å². The third-order valence-corrected chi connectivity index (χ3v) is 4.42. The fourth-order valence-electron chi connectivity index (χ4n) is 2.60. The van der Waals surface area contributed by atoms with Crippen LogP contribution in [0.2, 0.25) is 0 Å². The van der Waals surface area contributed by atoms with Gasteiger partial charge in [-0.15, -0.1) is 0 Å². The monoisotopic (exact) mass is 450 g/mol. The van der Waals surface area contributed by atoms with Crippen molar-refractivity contribution in [2.24, 2.45) is 23.7 Å². The van der Waals surface area contributed by atoms with E-state index >= 15 is 0 Å². The molecular weight excluding hydrogens is 424 g/mol. The summed E-state index contributed by atoms with van der Waals surface area (Å²) in [6, 6.07) is -0.352. The Bertz CT molecular complexity index is 269. The van der Waals surface area contributed by atoms with Crippen molar-refractivity contribution in [2.75, 3.05) is 0 Å². The van der Waals surface area contributed by atoms with Crippen LogP contribution in [-0.2, 0) is 74.9 Å². The van der Waals surface area contributed by atoms with Gasteiger partial charge in [-0.2, -0.15) is 48.7 Å². The average molecular weight is 450 g/mol. The molecule has 2 nitrogen and oxygen atoms in total. The minimum Gasteiger partial charge on any atom is -0.555 e. The van der Waals surface area contributed by atoms with E-state index in [2.05, 4.69) is 41.5 Å². The van der Waals surface area contributed by atoms with Crippen molar-refractivity contribution in [3.8, 4) is 0 Å². The first-order valence-corrected chi connectivity index (χ1v) is 7.55. The van der Waals surface area contributed by atoms with E-state index < -0.39 is 0 Å². The largest absolute Gasteiger partial charge is 0.555 e. The fourth-order valence-corrected chi connectivity index (χ4v) is 2.60. The third kappa shape index (κ3) is 6.87. The molecule has 2 heterocycles. The summed E-state index contributed by atoms with van der Waals surface area (Å²) in [4.78, 5) is 0. The van der Waals surface area contributed by atoms with Gasteiger partial charge in [-0.1, -0.05) is 27.7 Å². The van der Waals surface area contributed by atoms with Crippen LogP contribution in [-0.4, -0.2) is 27.7 Å². The Balaban J connectivity index is 0. The maximum atomic E-state index is 5.63. The van der Waals surface area contributed by atoms with E-state index in [0.717, 1.165) is 25.0 Å². The van der Waals surface area contributed by atoms with Crippen LogP contribution < -0.4 is 0 Å². The second-order valence-corrected chi connectivity index (χ2v) is 5.71. The van der Waals surface area contributed by atoms with Gasteiger partial charge in [0.05, 0.1) is 0 Å². The number of rotatable bonds is 2. The zero-order chi connectivity index (χ0) is 15.4. The van der Waals surface area contributed by atoms with Crippen LogP contribution in [0.25, 0.3) is 0 Å². The maximum absolute atomic E-state index is 5.63. The van der Waals surface area contributed by atoms with Crippen LogP contribution >= 0.6 is 0 Å². The molecule has 0 saturated carbocycles. The molecule has 6 atom stereocenters. The van der Waals surface area contributed by atoms with Gasteiger partial charge in [0.15, 0.2) is 0 Å². The van der Waals surface area contributed by atoms with E-state index in [1.54, 1.807) is 0 Å². The Morgan fingerprint density at radius 1 is 0.818 bits per heavy atom. The van der Waals surface area contributed by atoms with Gasteiger partial charge in [0.1, 0.15) is 15.7 Å². The van der Waals surface area contributed by atoms with E-state index in [-0.39, 0.29) is 89.3 Å². The van der Waals surface area contributed by atoms with E-state index in [1.807, 2.05) is 0 Å². The normalized spacial score (nSPS) is 38.6. The molecule has 2 unspecified atom stereocenters. The second kappa shape index (κ2) is 12.6. The molecule has 2 saturated heterocycles. The maximum Gasteiger partial charge on any atom is 0.101 e. The molecular formula is C16H26B2O2Y2-4. The first kappa shape index (κ1) is 26.5. The Hall–Kier alpha value is 2.26. The van der Waals surface area contributed by atoms with E-state index in [9.17, 15) is 0 Å². The molecule has 2 aliphatic heterocycles. The number of ether oxygens (including phenoxy) is 2. The zero-order valence-corrected chi connectivity index (χ0v) is 20.1. The summed E-state index contributed by atoms with van der Waals surface area (Å²) < 4.78 is 10.7. The standard InChI is InChI=1S/2C8H13BO.2Y/c2*1-4-7-5(2)6(3)8(9)10-7;;/h2*5-6,8H,3-4H2,1-2H3;;/q2*-2;;/t5?,6-,8+;5?,6-,8-;;/m01../s1. The molecule has 118 valence electrons. The summed E-state index contributed by atoms with van der Waals surface area (Å²) in [7, 11) is 11.3.